The lowest BCUT2D eigenvalue weighted by atomic mass is 9.99. The highest BCUT2D eigenvalue weighted by Crippen LogP contribution is 2.33. The highest BCUT2D eigenvalue weighted by molar-refractivity contribution is 6.17. The van der Waals surface area contributed by atoms with Gasteiger partial charge in [-0.05, 0) is 42.2 Å². The highest BCUT2D eigenvalue weighted by atomic mass is 16.5. The highest BCUT2D eigenvalue weighted by Gasteiger charge is 2.37. The number of esters is 1. The number of carbonyl (C=O) groups excluding carboxylic acids is 2. The zero-order valence-electron chi connectivity index (χ0n) is 16.3. The first-order valence-corrected chi connectivity index (χ1v) is 9.33. The second kappa shape index (κ2) is 7.78. The summed E-state index contributed by atoms with van der Waals surface area (Å²) in [6.45, 7) is 8.53. The van der Waals surface area contributed by atoms with Crippen molar-refractivity contribution in [3.05, 3.63) is 64.9 Å². The molecule has 0 spiro atoms. The van der Waals surface area contributed by atoms with Gasteiger partial charge in [0, 0.05) is 12.2 Å². The zero-order chi connectivity index (χ0) is 19.6. The van der Waals surface area contributed by atoms with E-state index in [2.05, 4.69) is 13.8 Å². The van der Waals surface area contributed by atoms with E-state index in [1.54, 1.807) is 11.8 Å². The van der Waals surface area contributed by atoms with Gasteiger partial charge in [-0.15, -0.1) is 0 Å². The van der Waals surface area contributed by atoms with E-state index in [0.29, 0.717) is 29.3 Å². The molecule has 0 saturated heterocycles. The number of fused-ring (bicyclic) bond motifs is 1. The van der Waals surface area contributed by atoms with Crippen LogP contribution in [0.2, 0.25) is 0 Å². The van der Waals surface area contributed by atoms with E-state index in [-0.39, 0.29) is 12.5 Å². The molecule has 1 aliphatic rings. The van der Waals surface area contributed by atoms with Gasteiger partial charge >= 0.3 is 5.97 Å². The van der Waals surface area contributed by atoms with Gasteiger partial charge in [0.25, 0.3) is 5.91 Å². The molecule has 0 unspecified atom stereocenters. The molecule has 0 aliphatic carbocycles. The summed E-state index contributed by atoms with van der Waals surface area (Å²) >= 11 is 0. The summed E-state index contributed by atoms with van der Waals surface area (Å²) in [4.78, 5) is 27.4. The van der Waals surface area contributed by atoms with Crippen LogP contribution in [0.3, 0.4) is 0 Å². The molecule has 0 radical (unpaired) electrons. The van der Waals surface area contributed by atoms with E-state index < -0.39 is 5.97 Å². The van der Waals surface area contributed by atoms with Gasteiger partial charge < -0.3 is 9.64 Å². The molecule has 2 aromatic carbocycles. The maximum absolute atomic E-state index is 13.1. The molecule has 4 nitrogen and oxygen atoms in total. The molecule has 1 aliphatic heterocycles. The minimum Gasteiger partial charge on any atom is -0.462 e. The number of hydrogen-bond donors (Lipinski definition) is 0. The Hall–Kier alpha value is -2.88. The van der Waals surface area contributed by atoms with Crippen LogP contribution < -0.4 is 0 Å². The molecule has 2 aromatic rings. The molecule has 27 heavy (non-hydrogen) atoms. The number of carbonyl (C=O) groups is 2. The number of allylic oxidation sites excluding steroid dienone is 1. The quantitative estimate of drug-likeness (QED) is 0.578. The van der Waals surface area contributed by atoms with Crippen molar-refractivity contribution in [1.82, 2.24) is 4.90 Å². The van der Waals surface area contributed by atoms with Crippen LogP contribution in [0.4, 0.5) is 0 Å². The Kier molecular flexibility index (Phi) is 5.45. The van der Waals surface area contributed by atoms with Crippen LogP contribution in [0.25, 0.3) is 16.8 Å². The summed E-state index contributed by atoms with van der Waals surface area (Å²) in [7, 11) is 0. The average Bonchev–Trinajstić information content (AvgIpc) is 2.86. The fraction of sp³-hybridized carbons (Fsp3) is 0.304. The maximum atomic E-state index is 13.1. The van der Waals surface area contributed by atoms with Gasteiger partial charge in [0.05, 0.1) is 17.8 Å². The van der Waals surface area contributed by atoms with Crippen molar-refractivity contribution in [2.24, 2.45) is 5.92 Å². The van der Waals surface area contributed by atoms with Crippen molar-refractivity contribution in [2.75, 3.05) is 13.2 Å². The summed E-state index contributed by atoms with van der Waals surface area (Å²) in [5.41, 5.74) is 2.36. The summed E-state index contributed by atoms with van der Waals surface area (Å²) in [5, 5.41) is 2.14. The lowest BCUT2D eigenvalue weighted by Gasteiger charge is -2.20. The van der Waals surface area contributed by atoms with Gasteiger partial charge in [0.1, 0.15) is 0 Å². The van der Waals surface area contributed by atoms with E-state index in [1.807, 2.05) is 55.5 Å². The molecular weight excluding hydrogens is 338 g/mol. The Balaban J connectivity index is 2.14. The summed E-state index contributed by atoms with van der Waals surface area (Å²) in [5.74, 6) is -0.289. The monoisotopic (exact) mass is 363 g/mol. The first-order chi connectivity index (χ1) is 12.9. The Labute approximate surface area is 160 Å². The van der Waals surface area contributed by atoms with Crippen molar-refractivity contribution >= 4 is 28.7 Å². The summed E-state index contributed by atoms with van der Waals surface area (Å²) < 4.78 is 5.24. The second-order valence-corrected chi connectivity index (χ2v) is 7.12. The second-order valence-electron chi connectivity index (χ2n) is 7.12. The van der Waals surface area contributed by atoms with Crippen molar-refractivity contribution in [3.63, 3.8) is 0 Å². The molecule has 0 aromatic heterocycles. The first kappa shape index (κ1) is 18.9. The minimum atomic E-state index is -0.443. The van der Waals surface area contributed by atoms with Gasteiger partial charge in [-0.3, -0.25) is 4.79 Å². The maximum Gasteiger partial charge on any atom is 0.340 e. The third kappa shape index (κ3) is 3.65. The van der Waals surface area contributed by atoms with E-state index in [9.17, 15) is 9.59 Å². The van der Waals surface area contributed by atoms with Crippen LogP contribution in [0, 0.1) is 5.92 Å². The smallest absolute Gasteiger partial charge is 0.340 e. The van der Waals surface area contributed by atoms with Crippen LogP contribution in [-0.2, 0) is 14.3 Å². The molecule has 140 valence electrons. The van der Waals surface area contributed by atoms with E-state index in [0.717, 1.165) is 16.3 Å². The normalized spacial score (nSPS) is 16.1. The molecule has 0 fully saturated rings. The molecule has 0 bridgehead atoms. The van der Waals surface area contributed by atoms with Gasteiger partial charge in [-0.25, -0.2) is 4.79 Å². The van der Waals surface area contributed by atoms with Crippen LogP contribution in [0.1, 0.15) is 33.3 Å². The van der Waals surface area contributed by atoms with Crippen molar-refractivity contribution in [2.45, 2.75) is 27.7 Å². The number of benzene rings is 2. The zero-order valence-corrected chi connectivity index (χ0v) is 16.3. The summed E-state index contributed by atoms with van der Waals surface area (Å²) in [6, 6.07) is 14.0. The standard InChI is InChI=1S/C23H25NO3/c1-5-27-23(26)21-16(4)24(14-15(2)3)22(25)20(21)13-18-11-8-10-17-9-6-7-12-19(17)18/h6-13,15H,5,14H2,1-4H3/b20-13-. The van der Waals surface area contributed by atoms with E-state index >= 15 is 0 Å². The first-order valence-electron chi connectivity index (χ1n) is 9.33. The predicted octanol–water partition coefficient (Wildman–Crippen LogP) is 4.56. The molecule has 1 amide bonds. The SMILES string of the molecule is CCOC(=O)C1=C(C)N(CC(C)C)C(=O)/C1=C\c1cccc2ccccc12. The Morgan fingerprint density at radius 1 is 1.15 bits per heavy atom. The molecule has 0 saturated carbocycles. The number of amides is 1. The molecule has 4 heteroatoms. The van der Waals surface area contributed by atoms with Crippen molar-refractivity contribution < 1.29 is 14.3 Å². The number of rotatable bonds is 5. The van der Waals surface area contributed by atoms with E-state index in [1.165, 1.54) is 0 Å². The van der Waals surface area contributed by atoms with Gasteiger partial charge in [-0.1, -0.05) is 56.3 Å². The fourth-order valence-electron chi connectivity index (χ4n) is 3.45. The Bertz CT molecular complexity index is 948. The van der Waals surface area contributed by atoms with Crippen molar-refractivity contribution in [3.8, 4) is 0 Å². The van der Waals surface area contributed by atoms with Gasteiger partial charge in [0.2, 0.25) is 0 Å². The summed E-state index contributed by atoms with van der Waals surface area (Å²) in [6.07, 6.45) is 1.82. The third-order valence-corrected chi connectivity index (χ3v) is 4.66. The third-order valence-electron chi connectivity index (χ3n) is 4.66. The largest absolute Gasteiger partial charge is 0.462 e. The molecule has 0 N–H and O–H groups in total. The van der Waals surface area contributed by atoms with Crippen LogP contribution in [0.5, 0.6) is 0 Å². The molecular formula is C23H25NO3. The Morgan fingerprint density at radius 2 is 1.85 bits per heavy atom. The molecule has 0 atom stereocenters. The minimum absolute atomic E-state index is 0.141. The fourth-order valence-corrected chi connectivity index (χ4v) is 3.45. The molecule has 3 rings (SSSR count). The van der Waals surface area contributed by atoms with Crippen LogP contribution in [0.15, 0.2) is 59.3 Å². The van der Waals surface area contributed by atoms with Gasteiger partial charge in [0.15, 0.2) is 0 Å². The topological polar surface area (TPSA) is 46.6 Å². The predicted molar refractivity (Wildman–Crippen MR) is 108 cm³/mol. The lowest BCUT2D eigenvalue weighted by molar-refractivity contribution is -0.138. The Morgan fingerprint density at radius 3 is 2.56 bits per heavy atom. The van der Waals surface area contributed by atoms with Crippen LogP contribution >= 0.6 is 0 Å². The van der Waals surface area contributed by atoms with Gasteiger partial charge in [-0.2, -0.15) is 0 Å². The average molecular weight is 363 g/mol. The van der Waals surface area contributed by atoms with Crippen LogP contribution in [-0.4, -0.2) is 29.9 Å². The van der Waals surface area contributed by atoms with Crippen molar-refractivity contribution in [1.29, 1.82) is 0 Å². The number of ether oxygens (including phenoxy) is 1. The van der Waals surface area contributed by atoms with E-state index in [4.69, 9.17) is 4.74 Å². The number of nitrogens with zero attached hydrogens (tertiary/aromatic N) is 1. The molecule has 1 heterocycles. The number of hydrogen-bond acceptors (Lipinski definition) is 3. The lowest BCUT2D eigenvalue weighted by Crippen LogP contribution is -2.28.